The summed E-state index contributed by atoms with van der Waals surface area (Å²) in [5.41, 5.74) is 3.55. The van der Waals surface area contributed by atoms with Crippen LogP contribution in [0.2, 0.25) is 0 Å². The SMILES string of the molecule is CNCCC(=O)Nc1c(C)nn(-c2ccccc2)c1C. The summed E-state index contributed by atoms with van der Waals surface area (Å²) in [5.74, 6) is -0.00170. The molecular weight excluding hydrogens is 252 g/mol. The van der Waals surface area contributed by atoms with Crippen LogP contribution in [-0.2, 0) is 4.79 Å². The Morgan fingerprint density at radius 3 is 2.60 bits per heavy atom. The lowest BCUT2D eigenvalue weighted by molar-refractivity contribution is -0.116. The molecule has 2 N–H and O–H groups in total. The van der Waals surface area contributed by atoms with Gasteiger partial charge in [0.05, 0.1) is 22.8 Å². The molecule has 1 amide bonds. The molecule has 0 saturated carbocycles. The highest BCUT2D eigenvalue weighted by molar-refractivity contribution is 5.92. The highest BCUT2D eigenvalue weighted by Crippen LogP contribution is 2.22. The van der Waals surface area contributed by atoms with Crippen molar-refractivity contribution in [2.45, 2.75) is 20.3 Å². The summed E-state index contributed by atoms with van der Waals surface area (Å²) in [4.78, 5) is 11.8. The van der Waals surface area contributed by atoms with E-state index in [0.717, 1.165) is 22.8 Å². The molecule has 2 rings (SSSR count). The molecule has 5 heteroatoms. The van der Waals surface area contributed by atoms with E-state index in [2.05, 4.69) is 15.7 Å². The topological polar surface area (TPSA) is 59.0 Å². The number of para-hydroxylation sites is 1. The molecule has 0 spiro atoms. The molecule has 0 bridgehead atoms. The summed E-state index contributed by atoms with van der Waals surface area (Å²) in [6.07, 6.45) is 0.450. The number of hydrogen-bond donors (Lipinski definition) is 2. The maximum Gasteiger partial charge on any atom is 0.225 e. The Hall–Kier alpha value is -2.14. The molecule has 0 aliphatic heterocycles. The first-order valence-corrected chi connectivity index (χ1v) is 6.69. The maximum absolute atomic E-state index is 11.8. The van der Waals surface area contributed by atoms with Crippen molar-refractivity contribution in [1.82, 2.24) is 15.1 Å². The van der Waals surface area contributed by atoms with Crippen LogP contribution in [0.1, 0.15) is 17.8 Å². The third kappa shape index (κ3) is 3.05. The van der Waals surface area contributed by atoms with Gasteiger partial charge in [-0.2, -0.15) is 5.10 Å². The molecule has 0 atom stereocenters. The van der Waals surface area contributed by atoms with E-state index in [0.29, 0.717) is 13.0 Å². The zero-order valence-corrected chi connectivity index (χ0v) is 12.1. The molecule has 0 saturated heterocycles. The first kappa shape index (κ1) is 14.3. The summed E-state index contributed by atoms with van der Waals surface area (Å²) < 4.78 is 1.85. The van der Waals surface area contributed by atoms with Gasteiger partial charge in [-0.3, -0.25) is 4.79 Å². The molecular formula is C15H20N4O. The van der Waals surface area contributed by atoms with Gasteiger partial charge in [-0.15, -0.1) is 0 Å². The first-order chi connectivity index (χ1) is 9.63. The molecule has 1 aromatic heterocycles. The summed E-state index contributed by atoms with van der Waals surface area (Å²) in [5, 5.41) is 10.4. The van der Waals surface area contributed by atoms with Crippen LogP contribution in [0.5, 0.6) is 0 Å². The fourth-order valence-electron chi connectivity index (χ4n) is 2.08. The van der Waals surface area contributed by atoms with Crippen molar-refractivity contribution in [3.8, 4) is 5.69 Å². The van der Waals surface area contributed by atoms with Gasteiger partial charge in [0.1, 0.15) is 0 Å². The van der Waals surface area contributed by atoms with Crippen LogP contribution in [0.15, 0.2) is 30.3 Å². The van der Waals surface area contributed by atoms with Crippen LogP contribution in [-0.4, -0.2) is 29.3 Å². The van der Waals surface area contributed by atoms with Gasteiger partial charge in [-0.25, -0.2) is 4.68 Å². The van der Waals surface area contributed by atoms with Crippen LogP contribution in [0.3, 0.4) is 0 Å². The average Bonchev–Trinajstić information content (AvgIpc) is 2.74. The molecule has 20 heavy (non-hydrogen) atoms. The maximum atomic E-state index is 11.8. The molecule has 5 nitrogen and oxygen atoms in total. The Balaban J connectivity index is 2.23. The molecule has 106 valence electrons. The van der Waals surface area contributed by atoms with Crippen molar-refractivity contribution in [2.24, 2.45) is 0 Å². The third-order valence-corrected chi connectivity index (χ3v) is 3.16. The highest BCUT2D eigenvalue weighted by atomic mass is 16.1. The summed E-state index contributed by atoms with van der Waals surface area (Å²) in [7, 11) is 1.83. The number of amides is 1. The van der Waals surface area contributed by atoms with Gasteiger partial charge < -0.3 is 10.6 Å². The third-order valence-electron chi connectivity index (χ3n) is 3.16. The largest absolute Gasteiger partial charge is 0.323 e. The summed E-state index contributed by atoms with van der Waals surface area (Å²) >= 11 is 0. The van der Waals surface area contributed by atoms with Crippen molar-refractivity contribution in [2.75, 3.05) is 18.9 Å². The smallest absolute Gasteiger partial charge is 0.225 e. The number of nitrogens with zero attached hydrogens (tertiary/aromatic N) is 2. The zero-order chi connectivity index (χ0) is 14.5. The second-order valence-corrected chi connectivity index (χ2v) is 4.69. The summed E-state index contributed by atoms with van der Waals surface area (Å²) in [6.45, 7) is 4.53. The van der Waals surface area contributed by atoms with Gasteiger partial charge in [0.15, 0.2) is 0 Å². The Morgan fingerprint density at radius 1 is 1.25 bits per heavy atom. The Labute approximate surface area is 119 Å². The number of carbonyl (C=O) groups is 1. The molecule has 2 aromatic rings. The van der Waals surface area contributed by atoms with E-state index in [1.807, 2.05) is 55.9 Å². The van der Waals surface area contributed by atoms with Gasteiger partial charge in [-0.05, 0) is 33.0 Å². The van der Waals surface area contributed by atoms with E-state index >= 15 is 0 Å². The minimum Gasteiger partial charge on any atom is -0.323 e. The van der Waals surface area contributed by atoms with E-state index in [1.165, 1.54) is 0 Å². The number of aryl methyl sites for hydroxylation is 1. The Morgan fingerprint density at radius 2 is 1.95 bits per heavy atom. The summed E-state index contributed by atoms with van der Waals surface area (Å²) in [6, 6.07) is 9.89. The van der Waals surface area contributed by atoms with Gasteiger partial charge in [0.2, 0.25) is 5.91 Å². The van der Waals surface area contributed by atoms with Crippen LogP contribution in [0, 0.1) is 13.8 Å². The van der Waals surface area contributed by atoms with Gasteiger partial charge in [0, 0.05) is 13.0 Å². The van der Waals surface area contributed by atoms with E-state index in [4.69, 9.17) is 0 Å². The van der Waals surface area contributed by atoms with Crippen LogP contribution in [0.4, 0.5) is 5.69 Å². The highest BCUT2D eigenvalue weighted by Gasteiger charge is 2.14. The van der Waals surface area contributed by atoms with Gasteiger partial charge >= 0.3 is 0 Å². The van der Waals surface area contributed by atoms with Gasteiger partial charge in [-0.1, -0.05) is 18.2 Å². The fourth-order valence-corrected chi connectivity index (χ4v) is 2.08. The monoisotopic (exact) mass is 272 g/mol. The van der Waals surface area contributed by atoms with Crippen LogP contribution < -0.4 is 10.6 Å². The van der Waals surface area contributed by atoms with Crippen molar-refractivity contribution < 1.29 is 4.79 Å². The van der Waals surface area contributed by atoms with E-state index in [1.54, 1.807) is 0 Å². The van der Waals surface area contributed by atoms with E-state index in [9.17, 15) is 4.79 Å². The number of benzene rings is 1. The normalized spacial score (nSPS) is 10.6. The number of aromatic nitrogens is 2. The van der Waals surface area contributed by atoms with Crippen molar-refractivity contribution >= 4 is 11.6 Å². The number of rotatable bonds is 5. The van der Waals surface area contributed by atoms with E-state index in [-0.39, 0.29) is 5.91 Å². The standard InChI is InChI=1S/C15H20N4O/c1-11-15(17-14(20)9-10-16-3)12(2)19(18-11)13-7-5-4-6-8-13/h4-8,16H,9-10H2,1-3H3,(H,17,20). The lowest BCUT2D eigenvalue weighted by atomic mass is 10.2. The second kappa shape index (κ2) is 6.34. The Bertz CT molecular complexity index is 589. The zero-order valence-electron chi connectivity index (χ0n) is 12.1. The lowest BCUT2D eigenvalue weighted by Crippen LogP contribution is -2.19. The first-order valence-electron chi connectivity index (χ1n) is 6.69. The van der Waals surface area contributed by atoms with Crippen LogP contribution in [0.25, 0.3) is 5.69 Å². The molecule has 0 aliphatic carbocycles. The molecule has 0 aliphatic rings. The average molecular weight is 272 g/mol. The fraction of sp³-hybridized carbons (Fsp3) is 0.333. The molecule has 1 heterocycles. The van der Waals surface area contributed by atoms with E-state index < -0.39 is 0 Å². The Kier molecular flexibility index (Phi) is 4.53. The lowest BCUT2D eigenvalue weighted by Gasteiger charge is -2.07. The number of anilines is 1. The quantitative estimate of drug-likeness (QED) is 0.875. The van der Waals surface area contributed by atoms with Crippen molar-refractivity contribution in [1.29, 1.82) is 0 Å². The second-order valence-electron chi connectivity index (χ2n) is 4.69. The molecule has 0 unspecified atom stereocenters. The molecule has 0 radical (unpaired) electrons. The van der Waals surface area contributed by atoms with Crippen molar-refractivity contribution in [3.63, 3.8) is 0 Å². The van der Waals surface area contributed by atoms with Gasteiger partial charge in [0.25, 0.3) is 0 Å². The van der Waals surface area contributed by atoms with Crippen molar-refractivity contribution in [3.05, 3.63) is 41.7 Å². The molecule has 1 aromatic carbocycles. The predicted octanol–water partition coefficient (Wildman–Crippen LogP) is 2.04. The minimum atomic E-state index is -0.00170. The number of hydrogen-bond acceptors (Lipinski definition) is 3. The predicted molar refractivity (Wildman–Crippen MR) is 80.2 cm³/mol. The molecule has 0 fully saturated rings. The minimum absolute atomic E-state index is 0.00170. The number of nitrogens with one attached hydrogen (secondary N) is 2. The van der Waals surface area contributed by atoms with Crippen LogP contribution >= 0.6 is 0 Å². The number of carbonyl (C=O) groups excluding carboxylic acids is 1.